The minimum Gasteiger partial charge on any atom is -0.492 e. The zero-order chi connectivity index (χ0) is 20.9. The second-order valence-electron chi connectivity index (χ2n) is 5.87. The van der Waals surface area contributed by atoms with E-state index >= 15 is 0 Å². The van der Waals surface area contributed by atoms with E-state index in [0.29, 0.717) is 5.75 Å². The molecule has 29 heavy (non-hydrogen) atoms. The second-order valence-corrected chi connectivity index (χ2v) is 9.20. The van der Waals surface area contributed by atoms with Gasteiger partial charge in [0.15, 0.2) is 0 Å². The highest BCUT2D eigenvalue weighted by atomic mass is 35.5. The van der Waals surface area contributed by atoms with E-state index in [-0.39, 0.29) is 33.2 Å². The van der Waals surface area contributed by atoms with Gasteiger partial charge in [-0.05, 0) is 36.8 Å². The van der Waals surface area contributed by atoms with Crippen LogP contribution in [0.2, 0.25) is 5.02 Å². The van der Waals surface area contributed by atoms with Crippen LogP contribution in [0.25, 0.3) is 0 Å². The molecule has 152 valence electrons. The van der Waals surface area contributed by atoms with Gasteiger partial charge in [0.1, 0.15) is 12.4 Å². The molecular weight excluding hydrogens is 436 g/mol. The van der Waals surface area contributed by atoms with E-state index in [1.165, 1.54) is 0 Å². The van der Waals surface area contributed by atoms with Crippen molar-refractivity contribution in [2.75, 3.05) is 18.5 Å². The van der Waals surface area contributed by atoms with Gasteiger partial charge in [-0.3, -0.25) is 10.1 Å². The maximum absolute atomic E-state index is 12.3. The summed E-state index contributed by atoms with van der Waals surface area (Å²) in [4.78, 5) is 12.2. The van der Waals surface area contributed by atoms with Crippen molar-refractivity contribution in [2.45, 2.75) is 11.3 Å². The maximum Gasteiger partial charge on any atom is 0.269 e. The largest absolute Gasteiger partial charge is 0.492 e. The van der Waals surface area contributed by atoms with Gasteiger partial charge in [0.05, 0.1) is 10.6 Å². The van der Waals surface area contributed by atoms with E-state index in [4.69, 9.17) is 16.3 Å². The molecule has 0 fully saturated rings. The van der Waals surface area contributed by atoms with Gasteiger partial charge < -0.3 is 4.74 Å². The van der Waals surface area contributed by atoms with Crippen molar-refractivity contribution in [3.05, 3.63) is 64.7 Å². The standard InChI is InChI=1S/C18H17ClN4O4S2/c1-12-5-4-6-13(11-12)27-10-9-20-29(25,26)18-23-22-17(28-18)21-16(24)14-7-2-3-8-15(14)19/h2-8,11,20H,9-10H2,1H3,(H,21,22,24). The summed E-state index contributed by atoms with van der Waals surface area (Å²) in [5, 5.41) is 10.2. The molecule has 0 aliphatic heterocycles. The van der Waals surface area contributed by atoms with Gasteiger partial charge in [0.25, 0.3) is 15.9 Å². The molecule has 3 aromatic rings. The highest BCUT2D eigenvalue weighted by Crippen LogP contribution is 2.22. The average molecular weight is 453 g/mol. The Morgan fingerprint density at radius 2 is 1.97 bits per heavy atom. The summed E-state index contributed by atoms with van der Waals surface area (Å²) in [6.45, 7) is 2.14. The van der Waals surface area contributed by atoms with Crippen molar-refractivity contribution in [3.63, 3.8) is 0 Å². The van der Waals surface area contributed by atoms with Crippen LogP contribution in [0, 0.1) is 6.92 Å². The van der Waals surface area contributed by atoms with E-state index in [0.717, 1.165) is 16.9 Å². The smallest absolute Gasteiger partial charge is 0.269 e. The Bertz CT molecular complexity index is 1120. The molecule has 0 saturated carbocycles. The molecule has 8 nitrogen and oxygen atoms in total. The molecule has 0 radical (unpaired) electrons. The first-order valence-corrected chi connectivity index (χ1v) is 11.1. The highest BCUT2D eigenvalue weighted by molar-refractivity contribution is 7.91. The van der Waals surface area contributed by atoms with Gasteiger partial charge in [0.2, 0.25) is 9.47 Å². The molecule has 2 aromatic carbocycles. The predicted molar refractivity (Wildman–Crippen MR) is 111 cm³/mol. The van der Waals surface area contributed by atoms with Gasteiger partial charge in [-0.2, -0.15) is 0 Å². The Morgan fingerprint density at radius 1 is 1.17 bits per heavy atom. The summed E-state index contributed by atoms with van der Waals surface area (Å²) in [6, 6.07) is 13.9. The van der Waals surface area contributed by atoms with Crippen molar-refractivity contribution in [1.82, 2.24) is 14.9 Å². The molecule has 2 N–H and O–H groups in total. The number of hydrogen-bond acceptors (Lipinski definition) is 7. The molecule has 0 unspecified atom stereocenters. The molecule has 0 spiro atoms. The minimum atomic E-state index is -3.87. The first-order chi connectivity index (χ1) is 13.8. The zero-order valence-corrected chi connectivity index (χ0v) is 17.6. The molecule has 1 amide bonds. The monoisotopic (exact) mass is 452 g/mol. The van der Waals surface area contributed by atoms with Gasteiger partial charge in [-0.25, -0.2) is 13.1 Å². The third-order valence-electron chi connectivity index (χ3n) is 3.63. The molecule has 0 bridgehead atoms. The minimum absolute atomic E-state index is 0.0475. The van der Waals surface area contributed by atoms with Crippen LogP contribution in [-0.4, -0.2) is 37.7 Å². The van der Waals surface area contributed by atoms with E-state index in [9.17, 15) is 13.2 Å². The van der Waals surface area contributed by atoms with Crippen LogP contribution in [0.3, 0.4) is 0 Å². The number of hydrogen-bond donors (Lipinski definition) is 2. The number of halogens is 1. The number of amides is 1. The second kappa shape index (κ2) is 9.31. The number of nitrogens with zero attached hydrogens (tertiary/aromatic N) is 2. The molecule has 3 rings (SSSR count). The summed E-state index contributed by atoms with van der Waals surface area (Å²) in [7, 11) is -3.87. The Morgan fingerprint density at radius 3 is 2.72 bits per heavy atom. The fourth-order valence-electron chi connectivity index (χ4n) is 2.29. The Hall–Kier alpha value is -2.53. The number of rotatable bonds is 8. The summed E-state index contributed by atoms with van der Waals surface area (Å²) in [5.41, 5.74) is 1.29. The van der Waals surface area contributed by atoms with Gasteiger partial charge in [0, 0.05) is 6.54 Å². The van der Waals surface area contributed by atoms with E-state index in [2.05, 4.69) is 20.2 Å². The normalized spacial score (nSPS) is 11.2. The molecule has 0 aliphatic rings. The fraction of sp³-hybridized carbons (Fsp3) is 0.167. The third kappa shape index (κ3) is 5.73. The van der Waals surface area contributed by atoms with Crippen molar-refractivity contribution in [3.8, 4) is 5.75 Å². The Kier molecular flexibility index (Phi) is 6.80. The molecule has 11 heteroatoms. The predicted octanol–water partition coefficient (Wildman–Crippen LogP) is 3.11. The third-order valence-corrected chi connectivity index (χ3v) is 6.62. The number of aromatic nitrogens is 2. The highest BCUT2D eigenvalue weighted by Gasteiger charge is 2.21. The lowest BCUT2D eigenvalue weighted by Crippen LogP contribution is -2.28. The van der Waals surface area contributed by atoms with Crippen LogP contribution in [0.15, 0.2) is 52.9 Å². The van der Waals surface area contributed by atoms with Crippen LogP contribution in [0.1, 0.15) is 15.9 Å². The van der Waals surface area contributed by atoms with E-state index in [1.54, 1.807) is 30.3 Å². The Labute approximate surface area is 176 Å². The number of nitrogens with one attached hydrogen (secondary N) is 2. The van der Waals surface area contributed by atoms with Crippen LogP contribution in [0.4, 0.5) is 5.13 Å². The lowest BCUT2D eigenvalue weighted by molar-refractivity contribution is 0.102. The number of sulfonamides is 1. The summed E-state index contributed by atoms with van der Waals surface area (Å²) >= 11 is 6.71. The number of carbonyl (C=O) groups is 1. The van der Waals surface area contributed by atoms with Crippen LogP contribution >= 0.6 is 22.9 Å². The lowest BCUT2D eigenvalue weighted by Gasteiger charge is -2.07. The summed E-state index contributed by atoms with van der Waals surface area (Å²) in [6.07, 6.45) is 0. The molecule has 1 aromatic heterocycles. The molecule has 0 aliphatic carbocycles. The number of carbonyl (C=O) groups excluding carboxylic acids is 1. The van der Waals surface area contributed by atoms with Gasteiger partial charge in [-0.1, -0.05) is 47.2 Å². The van der Waals surface area contributed by atoms with Crippen LogP contribution in [-0.2, 0) is 10.0 Å². The molecule has 1 heterocycles. The number of aryl methyl sites for hydroxylation is 1. The van der Waals surface area contributed by atoms with E-state index in [1.807, 2.05) is 25.1 Å². The number of anilines is 1. The van der Waals surface area contributed by atoms with Gasteiger partial charge in [-0.15, -0.1) is 10.2 Å². The number of ether oxygens (including phenoxy) is 1. The SMILES string of the molecule is Cc1cccc(OCCNS(=O)(=O)c2nnc(NC(=O)c3ccccc3Cl)s2)c1. The first-order valence-electron chi connectivity index (χ1n) is 8.44. The van der Waals surface area contributed by atoms with Crippen molar-refractivity contribution in [1.29, 1.82) is 0 Å². The van der Waals surface area contributed by atoms with Crippen LogP contribution < -0.4 is 14.8 Å². The zero-order valence-electron chi connectivity index (χ0n) is 15.3. The summed E-state index contributed by atoms with van der Waals surface area (Å²) < 4.78 is 32.3. The molecule has 0 saturated heterocycles. The topological polar surface area (TPSA) is 110 Å². The molecule has 0 atom stereocenters. The van der Waals surface area contributed by atoms with Gasteiger partial charge >= 0.3 is 0 Å². The van der Waals surface area contributed by atoms with Crippen molar-refractivity contribution < 1.29 is 17.9 Å². The summed E-state index contributed by atoms with van der Waals surface area (Å²) in [5.74, 6) is 0.153. The number of benzene rings is 2. The van der Waals surface area contributed by atoms with E-state index < -0.39 is 15.9 Å². The quantitative estimate of drug-likeness (QED) is 0.401. The first kappa shape index (κ1) is 21.2. The fourth-order valence-corrected chi connectivity index (χ4v) is 4.46. The van der Waals surface area contributed by atoms with Crippen LogP contribution in [0.5, 0.6) is 5.75 Å². The lowest BCUT2D eigenvalue weighted by atomic mass is 10.2. The average Bonchev–Trinajstić information content (AvgIpc) is 3.15. The molecular formula is C18H17ClN4O4S2. The van der Waals surface area contributed by atoms with Crippen molar-refractivity contribution in [2.24, 2.45) is 0 Å². The maximum atomic E-state index is 12.3. The van der Waals surface area contributed by atoms with Crippen molar-refractivity contribution >= 4 is 44.0 Å². The Balaban J connectivity index is 1.55.